The van der Waals surface area contributed by atoms with E-state index in [1.54, 1.807) is 7.11 Å². The Kier molecular flexibility index (Phi) is 3.92. The van der Waals surface area contributed by atoms with Crippen molar-refractivity contribution < 1.29 is 9.47 Å². The summed E-state index contributed by atoms with van der Waals surface area (Å²) in [7, 11) is 1.75. The van der Waals surface area contributed by atoms with Crippen LogP contribution >= 0.6 is 12.4 Å². The molecule has 0 saturated heterocycles. The Bertz CT molecular complexity index is 409. The van der Waals surface area contributed by atoms with Crippen LogP contribution in [0.3, 0.4) is 0 Å². The van der Waals surface area contributed by atoms with E-state index in [0.29, 0.717) is 5.92 Å². The smallest absolute Gasteiger partial charge is 0.122 e. The van der Waals surface area contributed by atoms with Crippen LogP contribution in [0.2, 0.25) is 0 Å². The third-order valence-electron chi connectivity index (χ3n) is 3.55. The number of benzene rings is 1. The van der Waals surface area contributed by atoms with Crippen molar-refractivity contribution in [2.24, 2.45) is 0 Å². The van der Waals surface area contributed by atoms with Gasteiger partial charge in [0.15, 0.2) is 0 Å². The van der Waals surface area contributed by atoms with Crippen LogP contribution in [0, 0.1) is 0 Å². The van der Waals surface area contributed by atoms with Gasteiger partial charge in [0, 0.05) is 12.5 Å². The van der Waals surface area contributed by atoms with Crippen LogP contribution in [-0.2, 0) is 17.8 Å². The number of halogens is 1. The molecule has 2 aliphatic heterocycles. The molecule has 0 fully saturated rings. The number of nitrogens with one attached hydrogen (secondary N) is 1. The molecule has 1 aromatic rings. The second kappa shape index (κ2) is 5.25. The molecule has 94 valence electrons. The Morgan fingerprint density at radius 2 is 2.29 bits per heavy atom. The number of hydrogen-bond acceptors (Lipinski definition) is 3. The molecule has 1 atom stereocenters. The third-order valence-corrected chi connectivity index (χ3v) is 3.55. The average molecular weight is 256 g/mol. The van der Waals surface area contributed by atoms with Gasteiger partial charge in [0.2, 0.25) is 0 Å². The van der Waals surface area contributed by atoms with E-state index in [4.69, 9.17) is 9.47 Å². The molecule has 4 heteroatoms. The molecule has 1 unspecified atom stereocenters. The van der Waals surface area contributed by atoms with E-state index in [1.807, 2.05) is 0 Å². The highest BCUT2D eigenvalue weighted by Gasteiger charge is 2.27. The summed E-state index contributed by atoms with van der Waals surface area (Å²) in [5, 5.41) is 3.47. The van der Waals surface area contributed by atoms with Gasteiger partial charge >= 0.3 is 0 Å². The van der Waals surface area contributed by atoms with Crippen LogP contribution in [-0.4, -0.2) is 26.8 Å². The van der Waals surface area contributed by atoms with E-state index in [9.17, 15) is 0 Å². The molecule has 1 aromatic carbocycles. The molecule has 0 bridgehead atoms. The second-order valence-electron chi connectivity index (χ2n) is 4.49. The summed E-state index contributed by atoms with van der Waals surface area (Å²) in [4.78, 5) is 0. The van der Waals surface area contributed by atoms with Crippen molar-refractivity contribution in [2.45, 2.75) is 18.9 Å². The average Bonchev–Trinajstić information content (AvgIpc) is 2.55. The van der Waals surface area contributed by atoms with E-state index in [-0.39, 0.29) is 12.4 Å². The number of methoxy groups -OCH3 is 1. The Labute approximate surface area is 108 Å². The molecule has 17 heavy (non-hydrogen) atoms. The van der Waals surface area contributed by atoms with Gasteiger partial charge in [0.1, 0.15) is 5.75 Å². The van der Waals surface area contributed by atoms with Gasteiger partial charge in [-0.15, -0.1) is 12.4 Å². The van der Waals surface area contributed by atoms with Crippen molar-refractivity contribution in [1.29, 1.82) is 0 Å². The Morgan fingerprint density at radius 1 is 1.41 bits per heavy atom. The van der Waals surface area contributed by atoms with Gasteiger partial charge in [-0.2, -0.15) is 0 Å². The summed E-state index contributed by atoms with van der Waals surface area (Å²) >= 11 is 0. The minimum absolute atomic E-state index is 0. The van der Waals surface area contributed by atoms with Crippen LogP contribution in [0.1, 0.15) is 22.6 Å². The third kappa shape index (κ3) is 2.15. The first-order valence-corrected chi connectivity index (χ1v) is 5.87. The SMILES string of the molecule is COc1ccc2c3c1CCNCC3COC2.Cl. The van der Waals surface area contributed by atoms with E-state index in [2.05, 4.69) is 17.4 Å². The Balaban J connectivity index is 0.00000108. The second-order valence-corrected chi connectivity index (χ2v) is 4.49. The topological polar surface area (TPSA) is 30.5 Å². The number of rotatable bonds is 1. The maximum absolute atomic E-state index is 5.64. The molecular weight excluding hydrogens is 238 g/mol. The quantitative estimate of drug-likeness (QED) is 0.831. The first-order chi connectivity index (χ1) is 7.90. The molecule has 0 aliphatic carbocycles. The fourth-order valence-electron chi connectivity index (χ4n) is 2.82. The van der Waals surface area contributed by atoms with Gasteiger partial charge in [-0.1, -0.05) is 6.07 Å². The highest BCUT2D eigenvalue weighted by atomic mass is 35.5. The van der Waals surface area contributed by atoms with Gasteiger partial charge < -0.3 is 14.8 Å². The van der Waals surface area contributed by atoms with Crippen molar-refractivity contribution in [2.75, 3.05) is 26.8 Å². The molecule has 3 rings (SSSR count). The number of ether oxygens (including phenoxy) is 2. The zero-order valence-electron chi connectivity index (χ0n) is 9.99. The molecule has 1 N–H and O–H groups in total. The molecule has 3 nitrogen and oxygen atoms in total. The fraction of sp³-hybridized carbons (Fsp3) is 0.538. The molecule has 0 spiro atoms. The monoisotopic (exact) mass is 255 g/mol. The summed E-state index contributed by atoms with van der Waals surface area (Å²) in [6, 6.07) is 4.22. The van der Waals surface area contributed by atoms with Crippen LogP contribution in [0.5, 0.6) is 5.75 Å². The summed E-state index contributed by atoms with van der Waals surface area (Å²) in [6.07, 6.45) is 1.06. The van der Waals surface area contributed by atoms with Crippen LogP contribution in [0.25, 0.3) is 0 Å². The standard InChI is InChI=1S/C13H17NO2.ClH/c1-15-12-3-2-9-7-16-8-10-6-14-5-4-11(12)13(9)10;/h2-3,10,14H,4-8H2,1H3;1H. The van der Waals surface area contributed by atoms with E-state index in [1.165, 1.54) is 16.7 Å². The largest absolute Gasteiger partial charge is 0.496 e. The predicted molar refractivity (Wildman–Crippen MR) is 69.2 cm³/mol. The lowest BCUT2D eigenvalue weighted by Crippen LogP contribution is -2.26. The number of hydrogen-bond donors (Lipinski definition) is 1. The highest BCUT2D eigenvalue weighted by Crippen LogP contribution is 2.36. The maximum Gasteiger partial charge on any atom is 0.122 e. The van der Waals surface area contributed by atoms with Crippen molar-refractivity contribution in [1.82, 2.24) is 5.32 Å². The normalized spacial score (nSPS) is 22.1. The minimum atomic E-state index is 0. The van der Waals surface area contributed by atoms with Gasteiger partial charge in [0.25, 0.3) is 0 Å². The predicted octanol–water partition coefficient (Wildman–Crippen LogP) is 1.88. The Hall–Kier alpha value is -0.770. The van der Waals surface area contributed by atoms with Crippen molar-refractivity contribution in [3.8, 4) is 5.75 Å². The van der Waals surface area contributed by atoms with Gasteiger partial charge in [-0.25, -0.2) is 0 Å². The highest BCUT2D eigenvalue weighted by molar-refractivity contribution is 5.85. The molecule has 2 aliphatic rings. The van der Waals surface area contributed by atoms with Crippen molar-refractivity contribution in [3.63, 3.8) is 0 Å². The first-order valence-electron chi connectivity index (χ1n) is 5.87. The van der Waals surface area contributed by atoms with E-state index >= 15 is 0 Å². The van der Waals surface area contributed by atoms with E-state index < -0.39 is 0 Å². The van der Waals surface area contributed by atoms with E-state index in [0.717, 1.165) is 38.5 Å². The van der Waals surface area contributed by atoms with Gasteiger partial charge in [0.05, 0.1) is 20.3 Å². The first kappa shape index (κ1) is 12.7. The summed E-state index contributed by atoms with van der Waals surface area (Å²) < 4.78 is 11.1. The van der Waals surface area contributed by atoms with Crippen LogP contribution in [0.4, 0.5) is 0 Å². The molecular formula is C13H18ClNO2. The Morgan fingerprint density at radius 3 is 3.12 bits per heavy atom. The van der Waals surface area contributed by atoms with Crippen molar-refractivity contribution in [3.05, 3.63) is 28.8 Å². The summed E-state index contributed by atoms with van der Waals surface area (Å²) in [5.74, 6) is 1.53. The summed E-state index contributed by atoms with van der Waals surface area (Å²) in [5.41, 5.74) is 4.21. The van der Waals surface area contributed by atoms with Crippen LogP contribution in [0.15, 0.2) is 12.1 Å². The lowest BCUT2D eigenvalue weighted by atomic mass is 9.88. The molecule has 0 saturated carbocycles. The minimum Gasteiger partial charge on any atom is -0.496 e. The molecule has 0 amide bonds. The fourth-order valence-corrected chi connectivity index (χ4v) is 2.82. The zero-order valence-corrected chi connectivity index (χ0v) is 10.8. The lowest BCUT2D eigenvalue weighted by Gasteiger charge is -2.27. The van der Waals surface area contributed by atoms with Gasteiger partial charge in [-0.05, 0) is 35.7 Å². The summed E-state index contributed by atoms with van der Waals surface area (Å²) in [6.45, 7) is 3.64. The molecule has 0 radical (unpaired) electrons. The van der Waals surface area contributed by atoms with Crippen LogP contribution < -0.4 is 10.1 Å². The molecule has 2 heterocycles. The zero-order chi connectivity index (χ0) is 11.0. The molecule has 0 aromatic heterocycles. The lowest BCUT2D eigenvalue weighted by molar-refractivity contribution is 0.0911. The van der Waals surface area contributed by atoms with Gasteiger partial charge in [-0.3, -0.25) is 0 Å². The van der Waals surface area contributed by atoms with Crippen molar-refractivity contribution >= 4 is 12.4 Å². The maximum atomic E-state index is 5.64.